The maximum Gasteiger partial charge on any atom is 0.223 e. The number of hydrogen-bond acceptors (Lipinski definition) is 5. The third kappa shape index (κ3) is 2.74. The zero-order valence-corrected chi connectivity index (χ0v) is 9.67. The fourth-order valence-corrected chi connectivity index (χ4v) is 1.92. The van der Waals surface area contributed by atoms with Crippen LogP contribution in [0, 0.1) is 5.41 Å². The van der Waals surface area contributed by atoms with Gasteiger partial charge in [0.2, 0.25) is 5.95 Å². The second kappa shape index (κ2) is 4.43. The van der Waals surface area contributed by atoms with Crippen molar-refractivity contribution in [3.05, 3.63) is 11.2 Å². The lowest BCUT2D eigenvalue weighted by molar-refractivity contribution is 0.253. The quantitative estimate of drug-likeness (QED) is 0.678. The number of nitrogens with two attached hydrogens (primary N) is 1. The number of halogens is 1. The van der Waals surface area contributed by atoms with Crippen molar-refractivity contribution < 1.29 is 5.11 Å². The molecule has 1 aliphatic carbocycles. The highest BCUT2D eigenvalue weighted by Gasteiger charge is 2.41. The van der Waals surface area contributed by atoms with Crippen LogP contribution in [0.2, 0.25) is 5.15 Å². The second-order valence-corrected chi connectivity index (χ2v) is 4.65. The monoisotopic (exact) mass is 242 g/mol. The van der Waals surface area contributed by atoms with Crippen molar-refractivity contribution in [2.24, 2.45) is 5.41 Å². The Balaban J connectivity index is 1.94. The van der Waals surface area contributed by atoms with Gasteiger partial charge in [-0.2, -0.15) is 4.98 Å². The van der Waals surface area contributed by atoms with E-state index in [9.17, 15) is 0 Å². The third-order valence-electron chi connectivity index (χ3n) is 2.96. The summed E-state index contributed by atoms with van der Waals surface area (Å²) in [5.41, 5.74) is 5.72. The largest absolute Gasteiger partial charge is 0.396 e. The summed E-state index contributed by atoms with van der Waals surface area (Å²) >= 11 is 5.77. The Morgan fingerprint density at radius 3 is 2.81 bits per heavy atom. The lowest BCUT2D eigenvalue weighted by Gasteiger charge is -2.15. The SMILES string of the molecule is Nc1nc(Cl)cc(NCC2(CCO)CC2)n1. The lowest BCUT2D eigenvalue weighted by atomic mass is 10.0. The average Bonchev–Trinajstić information content (AvgIpc) is 2.95. The molecule has 4 N–H and O–H groups in total. The van der Waals surface area contributed by atoms with Crippen LogP contribution in [0.5, 0.6) is 0 Å². The van der Waals surface area contributed by atoms with Crippen molar-refractivity contribution >= 4 is 23.4 Å². The van der Waals surface area contributed by atoms with Crippen LogP contribution in [-0.4, -0.2) is 28.2 Å². The first-order valence-electron chi connectivity index (χ1n) is 5.28. The van der Waals surface area contributed by atoms with Crippen molar-refractivity contribution in [1.82, 2.24) is 9.97 Å². The Morgan fingerprint density at radius 2 is 2.25 bits per heavy atom. The molecule has 6 heteroatoms. The molecule has 0 unspecified atom stereocenters. The minimum Gasteiger partial charge on any atom is -0.396 e. The van der Waals surface area contributed by atoms with Gasteiger partial charge in [0, 0.05) is 19.2 Å². The van der Waals surface area contributed by atoms with Crippen LogP contribution in [0.4, 0.5) is 11.8 Å². The molecule has 1 aromatic rings. The third-order valence-corrected chi connectivity index (χ3v) is 3.15. The van der Waals surface area contributed by atoms with Crippen LogP contribution in [0.3, 0.4) is 0 Å². The summed E-state index contributed by atoms with van der Waals surface area (Å²) in [4.78, 5) is 7.82. The number of nitrogens with one attached hydrogen (secondary N) is 1. The molecule has 0 amide bonds. The lowest BCUT2D eigenvalue weighted by Crippen LogP contribution is -2.17. The molecule has 0 aliphatic heterocycles. The van der Waals surface area contributed by atoms with E-state index in [1.807, 2.05) is 0 Å². The molecule has 1 aliphatic rings. The molecule has 1 saturated carbocycles. The number of aromatic nitrogens is 2. The summed E-state index contributed by atoms with van der Waals surface area (Å²) in [6.07, 6.45) is 3.12. The van der Waals surface area contributed by atoms with Crippen molar-refractivity contribution in [3.63, 3.8) is 0 Å². The van der Waals surface area contributed by atoms with E-state index in [0.29, 0.717) is 11.0 Å². The molecule has 0 aromatic carbocycles. The molecule has 0 atom stereocenters. The Kier molecular flexibility index (Phi) is 3.16. The van der Waals surface area contributed by atoms with E-state index in [0.717, 1.165) is 25.8 Å². The van der Waals surface area contributed by atoms with E-state index < -0.39 is 0 Å². The van der Waals surface area contributed by atoms with E-state index >= 15 is 0 Å². The molecule has 0 spiro atoms. The Bertz CT molecular complexity index is 361. The molecule has 5 nitrogen and oxygen atoms in total. The van der Waals surface area contributed by atoms with Gasteiger partial charge in [-0.05, 0) is 24.7 Å². The summed E-state index contributed by atoms with van der Waals surface area (Å²) in [6, 6.07) is 1.65. The summed E-state index contributed by atoms with van der Waals surface area (Å²) in [7, 11) is 0. The number of aliphatic hydroxyl groups is 1. The number of nitrogens with zero attached hydrogens (tertiary/aromatic N) is 2. The number of nitrogen functional groups attached to an aromatic ring is 1. The highest BCUT2D eigenvalue weighted by molar-refractivity contribution is 6.29. The maximum atomic E-state index is 8.93. The van der Waals surface area contributed by atoms with Gasteiger partial charge >= 0.3 is 0 Å². The normalized spacial score (nSPS) is 17.1. The van der Waals surface area contributed by atoms with Gasteiger partial charge < -0.3 is 16.2 Å². The number of anilines is 2. The smallest absolute Gasteiger partial charge is 0.223 e. The van der Waals surface area contributed by atoms with Gasteiger partial charge in [-0.15, -0.1) is 0 Å². The number of hydrogen-bond donors (Lipinski definition) is 3. The van der Waals surface area contributed by atoms with E-state index in [-0.39, 0.29) is 18.0 Å². The summed E-state index contributed by atoms with van der Waals surface area (Å²) < 4.78 is 0. The van der Waals surface area contributed by atoms with Gasteiger partial charge in [0.25, 0.3) is 0 Å². The van der Waals surface area contributed by atoms with Crippen molar-refractivity contribution in [3.8, 4) is 0 Å². The topological polar surface area (TPSA) is 84.1 Å². The van der Waals surface area contributed by atoms with Crippen LogP contribution in [-0.2, 0) is 0 Å². The first-order chi connectivity index (χ1) is 7.63. The highest BCUT2D eigenvalue weighted by atomic mass is 35.5. The molecule has 88 valence electrons. The molecule has 1 fully saturated rings. The minimum atomic E-state index is 0.169. The maximum absolute atomic E-state index is 8.93. The zero-order chi connectivity index (χ0) is 11.6. The van der Waals surface area contributed by atoms with Crippen LogP contribution >= 0.6 is 11.6 Å². The number of aliphatic hydroxyl groups excluding tert-OH is 1. The van der Waals surface area contributed by atoms with Crippen molar-refractivity contribution in [2.45, 2.75) is 19.3 Å². The van der Waals surface area contributed by atoms with Crippen LogP contribution in [0.25, 0.3) is 0 Å². The molecule has 1 aromatic heterocycles. The Labute approximate surface area is 99.0 Å². The first kappa shape index (κ1) is 11.4. The van der Waals surface area contributed by atoms with Crippen LogP contribution in [0.15, 0.2) is 6.07 Å². The average molecular weight is 243 g/mol. The van der Waals surface area contributed by atoms with Gasteiger partial charge in [0.05, 0.1) is 0 Å². The standard InChI is InChI=1S/C10H15ClN4O/c11-7-5-8(15-9(12)14-7)13-6-10(1-2-10)3-4-16/h5,16H,1-4,6H2,(H3,12,13,14,15). The van der Waals surface area contributed by atoms with Gasteiger partial charge in [-0.25, -0.2) is 4.98 Å². The highest BCUT2D eigenvalue weighted by Crippen LogP contribution is 2.48. The number of rotatable bonds is 5. The fourth-order valence-electron chi connectivity index (χ4n) is 1.73. The van der Waals surface area contributed by atoms with E-state index in [4.69, 9.17) is 22.4 Å². The fraction of sp³-hybridized carbons (Fsp3) is 0.600. The molecule has 0 radical (unpaired) electrons. The van der Waals surface area contributed by atoms with Gasteiger partial charge in [0.1, 0.15) is 11.0 Å². The van der Waals surface area contributed by atoms with Gasteiger partial charge in [-0.1, -0.05) is 11.6 Å². The molecule has 1 heterocycles. The molecule has 2 rings (SSSR count). The van der Waals surface area contributed by atoms with Crippen LogP contribution < -0.4 is 11.1 Å². The summed E-state index contributed by atoms with van der Waals surface area (Å²) in [5.74, 6) is 0.809. The summed E-state index contributed by atoms with van der Waals surface area (Å²) in [6.45, 7) is 1.02. The predicted molar refractivity (Wildman–Crippen MR) is 63.3 cm³/mol. The van der Waals surface area contributed by atoms with E-state index in [2.05, 4.69) is 15.3 Å². The minimum absolute atomic E-state index is 0.169. The molecular formula is C10H15ClN4O. The van der Waals surface area contributed by atoms with E-state index in [1.165, 1.54) is 0 Å². The molecule has 16 heavy (non-hydrogen) atoms. The van der Waals surface area contributed by atoms with Crippen molar-refractivity contribution in [2.75, 3.05) is 24.2 Å². The van der Waals surface area contributed by atoms with Crippen molar-refractivity contribution in [1.29, 1.82) is 0 Å². The van der Waals surface area contributed by atoms with E-state index in [1.54, 1.807) is 6.07 Å². The predicted octanol–water partition coefficient (Wildman–Crippen LogP) is 1.29. The molecular weight excluding hydrogens is 228 g/mol. The first-order valence-corrected chi connectivity index (χ1v) is 5.66. The zero-order valence-electron chi connectivity index (χ0n) is 8.91. The Morgan fingerprint density at radius 1 is 1.50 bits per heavy atom. The molecule has 0 saturated heterocycles. The van der Waals surface area contributed by atoms with Crippen LogP contribution in [0.1, 0.15) is 19.3 Å². The summed E-state index contributed by atoms with van der Waals surface area (Å²) in [5, 5.41) is 12.5. The Hall–Kier alpha value is -1.07. The van der Waals surface area contributed by atoms with Gasteiger partial charge in [-0.3, -0.25) is 0 Å². The second-order valence-electron chi connectivity index (χ2n) is 4.26. The molecule has 0 bridgehead atoms. The van der Waals surface area contributed by atoms with Gasteiger partial charge in [0.15, 0.2) is 0 Å².